The highest BCUT2D eigenvalue weighted by Gasteiger charge is 2.29. The maximum Gasteiger partial charge on any atom is 0.166 e. The first-order chi connectivity index (χ1) is 12.2. The zero-order valence-electron chi connectivity index (χ0n) is 14.4. The molecule has 1 fully saturated rings. The standard InChI is InChI=1S/C19H22N4OS/c1-12-17(16-8-4-10-25-16)18-20-15-7-2-6-14(15)19(23(18)21-12)22-9-3-5-13(24)11-22/h4,8,10,13,24H,2-3,5-7,9,11H2,1H3/t13-/m1/s1. The monoisotopic (exact) mass is 354 g/mol. The van der Waals surface area contributed by atoms with Gasteiger partial charge in [0.1, 0.15) is 5.82 Å². The Morgan fingerprint density at radius 3 is 3.00 bits per heavy atom. The SMILES string of the molecule is Cc1nn2c(N3CCC[C@@H](O)C3)c3c(nc2c1-c1cccs1)CCC3. The summed E-state index contributed by atoms with van der Waals surface area (Å²) >= 11 is 1.74. The molecule has 0 unspecified atom stereocenters. The second-order valence-electron chi connectivity index (χ2n) is 7.13. The van der Waals surface area contributed by atoms with Crippen LogP contribution in [-0.4, -0.2) is 38.9 Å². The second-order valence-corrected chi connectivity index (χ2v) is 8.08. The predicted molar refractivity (Wildman–Crippen MR) is 101 cm³/mol. The number of thiophene rings is 1. The zero-order chi connectivity index (χ0) is 17.0. The number of aryl methyl sites for hydroxylation is 2. The predicted octanol–water partition coefficient (Wildman–Crippen LogP) is 3.22. The van der Waals surface area contributed by atoms with E-state index < -0.39 is 0 Å². The molecule has 4 heterocycles. The minimum atomic E-state index is -0.248. The van der Waals surface area contributed by atoms with Gasteiger partial charge >= 0.3 is 0 Å². The molecule has 0 spiro atoms. The lowest BCUT2D eigenvalue weighted by atomic mass is 10.1. The molecule has 1 N–H and O–H groups in total. The Labute approximate surface area is 150 Å². The molecular weight excluding hydrogens is 332 g/mol. The third kappa shape index (κ3) is 2.39. The molecule has 5 nitrogen and oxygen atoms in total. The molecule has 6 heteroatoms. The normalized spacial score (nSPS) is 20.4. The topological polar surface area (TPSA) is 53.7 Å². The van der Waals surface area contributed by atoms with Crippen molar-refractivity contribution in [3.05, 3.63) is 34.5 Å². The Kier molecular flexibility index (Phi) is 3.57. The molecule has 3 aromatic heterocycles. The largest absolute Gasteiger partial charge is 0.391 e. The van der Waals surface area contributed by atoms with Gasteiger partial charge in [-0.3, -0.25) is 0 Å². The van der Waals surface area contributed by atoms with Crippen molar-refractivity contribution < 1.29 is 5.11 Å². The summed E-state index contributed by atoms with van der Waals surface area (Å²) in [6, 6.07) is 4.23. The van der Waals surface area contributed by atoms with Gasteiger partial charge in [0.15, 0.2) is 5.65 Å². The van der Waals surface area contributed by atoms with Gasteiger partial charge in [-0.2, -0.15) is 9.61 Å². The summed E-state index contributed by atoms with van der Waals surface area (Å²) < 4.78 is 2.05. The minimum Gasteiger partial charge on any atom is -0.391 e. The lowest BCUT2D eigenvalue weighted by Gasteiger charge is -2.33. The van der Waals surface area contributed by atoms with Gasteiger partial charge in [0.2, 0.25) is 0 Å². The van der Waals surface area contributed by atoms with Crippen LogP contribution in [0.15, 0.2) is 17.5 Å². The molecule has 1 atom stereocenters. The quantitative estimate of drug-likeness (QED) is 0.768. The van der Waals surface area contributed by atoms with Gasteiger partial charge in [-0.25, -0.2) is 4.98 Å². The van der Waals surface area contributed by atoms with E-state index in [1.54, 1.807) is 11.3 Å². The van der Waals surface area contributed by atoms with E-state index >= 15 is 0 Å². The number of aliphatic hydroxyl groups excluding tert-OH is 1. The van der Waals surface area contributed by atoms with Gasteiger partial charge in [0.25, 0.3) is 0 Å². The first kappa shape index (κ1) is 15.3. The van der Waals surface area contributed by atoms with E-state index in [2.05, 4.69) is 29.3 Å². The van der Waals surface area contributed by atoms with Gasteiger partial charge in [-0.15, -0.1) is 11.3 Å². The fraction of sp³-hybridized carbons (Fsp3) is 0.474. The van der Waals surface area contributed by atoms with E-state index in [1.807, 2.05) is 4.52 Å². The fourth-order valence-corrected chi connectivity index (χ4v) is 5.11. The first-order valence-electron chi connectivity index (χ1n) is 9.10. The van der Waals surface area contributed by atoms with Gasteiger partial charge < -0.3 is 10.0 Å². The first-order valence-corrected chi connectivity index (χ1v) is 9.98. The molecule has 1 saturated heterocycles. The van der Waals surface area contributed by atoms with Crippen LogP contribution < -0.4 is 4.90 Å². The highest BCUT2D eigenvalue weighted by Crippen LogP contribution is 2.37. The Balaban J connectivity index is 1.77. The molecule has 0 radical (unpaired) electrons. The highest BCUT2D eigenvalue weighted by atomic mass is 32.1. The van der Waals surface area contributed by atoms with E-state index in [1.165, 1.54) is 22.0 Å². The van der Waals surface area contributed by atoms with Crippen LogP contribution in [0.3, 0.4) is 0 Å². The Bertz CT molecular complexity index is 931. The van der Waals surface area contributed by atoms with Crippen molar-refractivity contribution in [3.8, 4) is 10.4 Å². The van der Waals surface area contributed by atoms with Crippen molar-refractivity contribution in [2.45, 2.75) is 45.1 Å². The van der Waals surface area contributed by atoms with Crippen molar-refractivity contribution in [2.24, 2.45) is 0 Å². The average Bonchev–Trinajstić information content (AvgIpc) is 3.31. The van der Waals surface area contributed by atoms with Crippen molar-refractivity contribution in [1.82, 2.24) is 14.6 Å². The number of aromatic nitrogens is 3. The fourth-order valence-electron chi connectivity index (χ4n) is 4.29. The molecule has 25 heavy (non-hydrogen) atoms. The van der Waals surface area contributed by atoms with Crippen molar-refractivity contribution >= 4 is 22.8 Å². The Morgan fingerprint density at radius 2 is 2.20 bits per heavy atom. The van der Waals surface area contributed by atoms with Crippen LogP contribution in [0.5, 0.6) is 0 Å². The average molecular weight is 354 g/mol. The summed E-state index contributed by atoms with van der Waals surface area (Å²) in [7, 11) is 0. The summed E-state index contributed by atoms with van der Waals surface area (Å²) in [6.45, 7) is 3.75. The van der Waals surface area contributed by atoms with Crippen LogP contribution in [0.4, 0.5) is 5.82 Å². The summed E-state index contributed by atoms with van der Waals surface area (Å²) in [5.41, 5.74) is 5.71. The number of β-amino-alcohol motifs (C(OH)–C–C–N with tert-alkyl or cyclic N) is 1. The molecule has 130 valence electrons. The zero-order valence-corrected chi connectivity index (χ0v) is 15.2. The lowest BCUT2D eigenvalue weighted by Crippen LogP contribution is -2.40. The number of fused-ring (bicyclic) bond motifs is 2. The molecule has 2 aliphatic rings. The van der Waals surface area contributed by atoms with Crippen LogP contribution in [0.2, 0.25) is 0 Å². The lowest BCUT2D eigenvalue weighted by molar-refractivity contribution is 0.153. The third-order valence-corrected chi connectivity index (χ3v) is 6.29. The van der Waals surface area contributed by atoms with E-state index in [0.717, 1.165) is 55.6 Å². The van der Waals surface area contributed by atoms with Gasteiger partial charge in [-0.05, 0) is 50.5 Å². The molecule has 3 aromatic rings. The summed E-state index contributed by atoms with van der Waals surface area (Å²) in [5.74, 6) is 1.17. The summed E-state index contributed by atoms with van der Waals surface area (Å²) in [6.07, 6.45) is 4.94. The number of hydrogen-bond donors (Lipinski definition) is 1. The summed E-state index contributed by atoms with van der Waals surface area (Å²) in [4.78, 5) is 8.58. The third-order valence-electron chi connectivity index (χ3n) is 5.40. The number of aliphatic hydroxyl groups is 1. The van der Waals surface area contributed by atoms with Gasteiger partial charge in [0, 0.05) is 29.2 Å². The van der Waals surface area contributed by atoms with Crippen LogP contribution in [-0.2, 0) is 12.8 Å². The van der Waals surface area contributed by atoms with Crippen molar-refractivity contribution in [1.29, 1.82) is 0 Å². The molecule has 0 amide bonds. The number of hydrogen-bond acceptors (Lipinski definition) is 5. The number of anilines is 1. The maximum atomic E-state index is 10.2. The van der Waals surface area contributed by atoms with Gasteiger partial charge in [-0.1, -0.05) is 6.07 Å². The highest BCUT2D eigenvalue weighted by molar-refractivity contribution is 7.13. The van der Waals surface area contributed by atoms with E-state index in [0.29, 0.717) is 6.54 Å². The van der Waals surface area contributed by atoms with Crippen LogP contribution in [0.1, 0.15) is 36.2 Å². The van der Waals surface area contributed by atoms with E-state index in [4.69, 9.17) is 10.1 Å². The van der Waals surface area contributed by atoms with Crippen molar-refractivity contribution in [2.75, 3.05) is 18.0 Å². The smallest absolute Gasteiger partial charge is 0.166 e. The molecule has 0 saturated carbocycles. The molecular formula is C19H22N4OS. The van der Waals surface area contributed by atoms with Crippen molar-refractivity contribution in [3.63, 3.8) is 0 Å². The summed E-state index contributed by atoms with van der Waals surface area (Å²) in [5, 5.41) is 17.2. The molecule has 5 rings (SSSR count). The van der Waals surface area contributed by atoms with Crippen LogP contribution >= 0.6 is 11.3 Å². The molecule has 0 bridgehead atoms. The number of piperidine rings is 1. The van der Waals surface area contributed by atoms with Crippen LogP contribution in [0, 0.1) is 6.92 Å². The minimum absolute atomic E-state index is 0.248. The second kappa shape index (κ2) is 5.81. The van der Waals surface area contributed by atoms with E-state index in [9.17, 15) is 5.11 Å². The number of nitrogens with zero attached hydrogens (tertiary/aromatic N) is 4. The molecule has 1 aliphatic carbocycles. The van der Waals surface area contributed by atoms with E-state index in [-0.39, 0.29) is 6.10 Å². The Hall–Kier alpha value is -1.92. The van der Waals surface area contributed by atoms with Crippen LogP contribution in [0.25, 0.3) is 16.1 Å². The Morgan fingerprint density at radius 1 is 1.28 bits per heavy atom. The molecule has 1 aliphatic heterocycles. The number of rotatable bonds is 2. The maximum absolute atomic E-state index is 10.2. The molecule has 0 aromatic carbocycles. The van der Waals surface area contributed by atoms with Gasteiger partial charge in [0.05, 0.1) is 17.4 Å².